The largest absolute Gasteiger partial charge is 0.324 e. The third kappa shape index (κ3) is 2.72. The maximum Gasteiger partial charge on any atom is 0.280 e. The quantitative estimate of drug-likeness (QED) is 0.504. The molecule has 1 aromatic carbocycles. The van der Waals surface area contributed by atoms with Gasteiger partial charge in [0.25, 0.3) is 5.56 Å². The molecule has 1 N–H and O–H groups in total. The van der Waals surface area contributed by atoms with Crippen LogP contribution in [0.5, 0.6) is 0 Å². The van der Waals surface area contributed by atoms with Crippen LogP contribution in [0.15, 0.2) is 47.9 Å². The summed E-state index contributed by atoms with van der Waals surface area (Å²) in [5.41, 5.74) is 3.52. The van der Waals surface area contributed by atoms with E-state index in [0.717, 1.165) is 5.56 Å². The van der Waals surface area contributed by atoms with Crippen molar-refractivity contribution in [1.29, 1.82) is 0 Å². The van der Waals surface area contributed by atoms with E-state index < -0.39 is 0 Å². The highest BCUT2D eigenvalue weighted by Gasteiger charge is 2.12. The minimum Gasteiger partial charge on any atom is -0.324 e. The fourth-order valence-corrected chi connectivity index (χ4v) is 3.15. The van der Waals surface area contributed by atoms with Crippen LogP contribution in [-0.4, -0.2) is 39.1 Å². The molecule has 28 heavy (non-hydrogen) atoms. The van der Waals surface area contributed by atoms with Gasteiger partial charge < -0.3 is 4.98 Å². The Hall–Kier alpha value is -3.59. The Morgan fingerprint density at radius 3 is 2.75 bits per heavy atom. The second-order valence-electron chi connectivity index (χ2n) is 6.30. The van der Waals surface area contributed by atoms with Crippen LogP contribution in [0.25, 0.3) is 28.1 Å². The van der Waals surface area contributed by atoms with Crippen LogP contribution in [0.1, 0.15) is 11.5 Å². The van der Waals surface area contributed by atoms with Crippen molar-refractivity contribution in [2.75, 3.05) is 0 Å². The summed E-state index contributed by atoms with van der Waals surface area (Å²) < 4.78 is 2.94. The molecule has 138 valence electrons. The molecule has 0 bridgehead atoms. The second kappa shape index (κ2) is 6.24. The molecule has 0 amide bonds. The van der Waals surface area contributed by atoms with E-state index in [2.05, 4.69) is 30.0 Å². The topological polar surface area (TPSA) is 107 Å². The number of benzene rings is 1. The predicted octanol–water partition coefficient (Wildman–Crippen LogP) is 2.23. The van der Waals surface area contributed by atoms with E-state index in [0.29, 0.717) is 39.0 Å². The van der Waals surface area contributed by atoms with Gasteiger partial charge in [-0.3, -0.25) is 9.36 Å². The maximum absolute atomic E-state index is 12.7. The maximum atomic E-state index is 12.7. The van der Waals surface area contributed by atoms with Crippen molar-refractivity contribution in [3.63, 3.8) is 0 Å². The summed E-state index contributed by atoms with van der Waals surface area (Å²) in [6.45, 7) is 2.00. The molecule has 0 radical (unpaired) electrons. The summed E-state index contributed by atoms with van der Waals surface area (Å²) >= 11 is 5.94. The van der Waals surface area contributed by atoms with Gasteiger partial charge >= 0.3 is 0 Å². The zero-order chi connectivity index (χ0) is 19.3. The summed E-state index contributed by atoms with van der Waals surface area (Å²) in [6, 6.07) is 7.36. The van der Waals surface area contributed by atoms with Gasteiger partial charge in [-0.1, -0.05) is 23.7 Å². The molecule has 0 saturated heterocycles. The summed E-state index contributed by atoms with van der Waals surface area (Å²) in [7, 11) is 0. The lowest BCUT2D eigenvalue weighted by atomic mass is 10.2. The third-order valence-corrected chi connectivity index (χ3v) is 4.68. The lowest BCUT2D eigenvalue weighted by molar-refractivity contribution is 0.681. The molecular weight excluding hydrogens is 380 g/mol. The fraction of sp³-hybridized carbons (Fsp3) is 0.111. The number of aromatic amines is 1. The number of nitrogens with one attached hydrogen (secondary N) is 1. The van der Waals surface area contributed by atoms with E-state index in [4.69, 9.17) is 11.6 Å². The van der Waals surface area contributed by atoms with Crippen molar-refractivity contribution in [2.24, 2.45) is 0 Å². The summed E-state index contributed by atoms with van der Waals surface area (Å²) in [5.74, 6) is 0.564. The smallest absolute Gasteiger partial charge is 0.280 e. The van der Waals surface area contributed by atoms with Gasteiger partial charge in [-0.05, 0) is 19.1 Å². The van der Waals surface area contributed by atoms with Crippen LogP contribution >= 0.6 is 11.6 Å². The van der Waals surface area contributed by atoms with Gasteiger partial charge in [0.05, 0.1) is 24.1 Å². The number of hydrogen-bond acceptors (Lipinski definition) is 6. The van der Waals surface area contributed by atoms with Gasteiger partial charge in [0.1, 0.15) is 18.5 Å². The number of nitrogens with zero attached hydrogens (tertiary/aromatic N) is 7. The highest BCUT2D eigenvalue weighted by molar-refractivity contribution is 6.30. The van der Waals surface area contributed by atoms with Gasteiger partial charge in [-0.2, -0.15) is 5.10 Å². The molecule has 0 unspecified atom stereocenters. The first-order chi connectivity index (χ1) is 13.6. The minimum absolute atomic E-state index is 0.187. The molecule has 0 aliphatic rings. The van der Waals surface area contributed by atoms with E-state index in [-0.39, 0.29) is 12.1 Å². The van der Waals surface area contributed by atoms with Gasteiger partial charge in [0.2, 0.25) is 0 Å². The van der Waals surface area contributed by atoms with Crippen LogP contribution in [-0.2, 0) is 6.54 Å². The summed E-state index contributed by atoms with van der Waals surface area (Å²) in [4.78, 5) is 33.3. The number of aromatic nitrogens is 8. The van der Waals surface area contributed by atoms with Gasteiger partial charge in [0.15, 0.2) is 16.8 Å². The van der Waals surface area contributed by atoms with Crippen molar-refractivity contribution in [1.82, 2.24) is 39.1 Å². The molecule has 0 spiro atoms. The van der Waals surface area contributed by atoms with Crippen molar-refractivity contribution >= 4 is 28.4 Å². The molecule has 4 aromatic heterocycles. The number of rotatable bonds is 3. The normalized spacial score (nSPS) is 11.5. The minimum atomic E-state index is -0.187. The molecule has 0 atom stereocenters. The number of fused-ring (bicyclic) bond motifs is 2. The van der Waals surface area contributed by atoms with E-state index in [1.807, 2.05) is 12.1 Å². The third-order valence-electron chi connectivity index (χ3n) is 4.43. The zero-order valence-electron chi connectivity index (χ0n) is 14.7. The molecular formula is C18H13ClN8O. The molecule has 0 aliphatic carbocycles. The van der Waals surface area contributed by atoms with Crippen molar-refractivity contribution in [3.05, 3.63) is 70.0 Å². The lowest BCUT2D eigenvalue weighted by Crippen LogP contribution is -2.24. The molecule has 0 fully saturated rings. The Balaban J connectivity index is 1.52. The standard InChI is InChI=1S/C18H13ClN8O/c1-10-15-18(28)26(9-22-27(15)8-21-10)7-14-24-16-17(25-14)23-13(6-20-16)11-2-4-12(19)5-3-11/h2-6,8-9H,7H2,1H3,(H,20,23,24,25). The average Bonchev–Trinajstić information content (AvgIpc) is 3.27. The molecule has 9 nitrogen and oxygen atoms in total. The molecule has 5 aromatic rings. The lowest BCUT2D eigenvalue weighted by Gasteiger charge is -2.03. The second-order valence-corrected chi connectivity index (χ2v) is 6.74. The molecule has 0 aliphatic heterocycles. The SMILES string of the molecule is Cc1ncn2ncn(Cc3nc4ncc(-c5ccc(Cl)cc5)nc4[nH]3)c(=O)c12. The number of aryl methyl sites for hydroxylation is 1. The molecule has 4 heterocycles. The number of imidazole rings is 2. The monoisotopic (exact) mass is 392 g/mol. The van der Waals surface area contributed by atoms with E-state index in [9.17, 15) is 4.79 Å². The Morgan fingerprint density at radius 1 is 1.11 bits per heavy atom. The molecule has 5 rings (SSSR count). The first-order valence-corrected chi connectivity index (χ1v) is 8.83. The van der Waals surface area contributed by atoms with Gasteiger partial charge in [-0.15, -0.1) is 0 Å². The number of halogens is 1. The molecule has 0 saturated carbocycles. The Bertz CT molecular complexity index is 1380. The summed E-state index contributed by atoms with van der Waals surface area (Å²) in [5, 5.41) is 4.87. The first-order valence-electron chi connectivity index (χ1n) is 8.45. The Labute approximate surface area is 162 Å². The number of H-pyrrole nitrogens is 1. The van der Waals surface area contributed by atoms with E-state index in [1.54, 1.807) is 25.3 Å². The first kappa shape index (κ1) is 16.6. The Morgan fingerprint density at radius 2 is 1.93 bits per heavy atom. The highest BCUT2D eigenvalue weighted by atomic mass is 35.5. The van der Waals surface area contributed by atoms with Crippen LogP contribution < -0.4 is 5.56 Å². The fourth-order valence-electron chi connectivity index (χ4n) is 3.02. The van der Waals surface area contributed by atoms with Crippen LogP contribution in [0.3, 0.4) is 0 Å². The van der Waals surface area contributed by atoms with Gasteiger partial charge in [0, 0.05) is 10.6 Å². The van der Waals surface area contributed by atoms with Crippen LogP contribution in [0.4, 0.5) is 0 Å². The Kier molecular flexibility index (Phi) is 3.69. The number of hydrogen-bond donors (Lipinski definition) is 1. The van der Waals surface area contributed by atoms with Crippen molar-refractivity contribution in [2.45, 2.75) is 13.5 Å². The highest BCUT2D eigenvalue weighted by Crippen LogP contribution is 2.20. The van der Waals surface area contributed by atoms with E-state index >= 15 is 0 Å². The van der Waals surface area contributed by atoms with E-state index in [1.165, 1.54) is 21.7 Å². The predicted molar refractivity (Wildman–Crippen MR) is 103 cm³/mol. The summed E-state index contributed by atoms with van der Waals surface area (Å²) in [6.07, 6.45) is 4.64. The van der Waals surface area contributed by atoms with Gasteiger partial charge in [-0.25, -0.2) is 24.5 Å². The average molecular weight is 393 g/mol. The van der Waals surface area contributed by atoms with Crippen molar-refractivity contribution < 1.29 is 0 Å². The van der Waals surface area contributed by atoms with Crippen LogP contribution in [0.2, 0.25) is 5.02 Å². The van der Waals surface area contributed by atoms with Crippen molar-refractivity contribution in [3.8, 4) is 11.3 Å². The zero-order valence-corrected chi connectivity index (χ0v) is 15.4. The van der Waals surface area contributed by atoms with Crippen LogP contribution in [0, 0.1) is 6.92 Å². The molecule has 10 heteroatoms.